The zero-order valence-corrected chi connectivity index (χ0v) is 9.65. The summed E-state index contributed by atoms with van der Waals surface area (Å²) in [7, 11) is 0. The Bertz CT molecular complexity index is 149. The maximum atomic E-state index is 10.6. The summed E-state index contributed by atoms with van der Waals surface area (Å²) in [6, 6.07) is 0. The summed E-state index contributed by atoms with van der Waals surface area (Å²) in [5.41, 5.74) is -0.373. The van der Waals surface area contributed by atoms with Gasteiger partial charge in [-0.15, -0.1) is 0 Å². The molecule has 0 aromatic carbocycles. The van der Waals surface area contributed by atoms with Gasteiger partial charge in [0.1, 0.15) is 0 Å². The fraction of sp³-hybridized carbons (Fsp3) is 1.00. The van der Waals surface area contributed by atoms with E-state index in [1.54, 1.807) is 0 Å². The molecule has 0 aliphatic heterocycles. The predicted octanol–water partition coefficient (Wildman–Crippen LogP) is 2.15. The van der Waals surface area contributed by atoms with Crippen LogP contribution in [0.4, 0.5) is 0 Å². The molecule has 0 aromatic heterocycles. The third kappa shape index (κ3) is 5.15. The first-order chi connectivity index (χ1) is 5.54. The monoisotopic (exact) mass is 210 g/mol. The Morgan fingerprint density at radius 3 is 2.42 bits per heavy atom. The molecule has 0 saturated heterocycles. The Kier molecular flexibility index (Phi) is 6.19. The Morgan fingerprint density at radius 2 is 2.08 bits per heavy atom. The summed E-state index contributed by atoms with van der Waals surface area (Å²) >= 11 is -3.35. The molecule has 4 heteroatoms. The van der Waals surface area contributed by atoms with Crippen LogP contribution in [0.25, 0.3) is 0 Å². The van der Waals surface area contributed by atoms with Crippen LogP contribution >= 0.6 is 0 Å². The van der Waals surface area contributed by atoms with Crippen molar-refractivity contribution >= 4 is 0 Å². The first-order valence-electron chi connectivity index (χ1n) is 4.46. The second-order valence-electron chi connectivity index (χ2n) is 3.27. The molecule has 1 N–H and O–H groups in total. The van der Waals surface area contributed by atoms with Crippen LogP contribution in [0.2, 0.25) is 0 Å². The zero-order valence-electron chi connectivity index (χ0n) is 8.09. The number of rotatable bonds is 6. The van der Waals surface area contributed by atoms with Crippen molar-refractivity contribution in [2.75, 3.05) is 0 Å². The molecule has 0 radical (unpaired) electrons. The van der Waals surface area contributed by atoms with Gasteiger partial charge in [0.2, 0.25) is 0 Å². The van der Waals surface area contributed by atoms with Crippen LogP contribution in [0, 0.1) is 0 Å². The van der Waals surface area contributed by atoms with Gasteiger partial charge >= 0.3 is 81.0 Å². The molecule has 12 heavy (non-hydrogen) atoms. The van der Waals surface area contributed by atoms with E-state index in [2.05, 4.69) is 6.92 Å². The second-order valence-corrected chi connectivity index (χ2v) is 4.42. The summed E-state index contributed by atoms with van der Waals surface area (Å²) in [5.74, 6) is 0. The molecule has 0 bridgehead atoms. The van der Waals surface area contributed by atoms with E-state index in [4.69, 9.17) is 7.01 Å². The molecule has 3 nitrogen and oxygen atoms in total. The minimum atomic E-state index is -3.35. The Labute approximate surface area is 81.2 Å². The fourth-order valence-electron chi connectivity index (χ4n) is 1.06. The van der Waals surface area contributed by atoms with Gasteiger partial charge in [-0.25, -0.2) is 0 Å². The van der Waals surface area contributed by atoms with Crippen molar-refractivity contribution in [3.8, 4) is 0 Å². The van der Waals surface area contributed by atoms with Crippen molar-refractivity contribution < 1.29 is 28.9 Å². The molecule has 0 saturated carbocycles. The standard InChI is InChI=1S/C8H17O.H2O.O.Ti/c1-4-6-7-8(3,9)5-2;;;/h4-7H2,1-3H3;1H2;;/q-1;;;+2/p-1. The SMILES string of the molecule is CCCCC(C)(CC)[O][Ti](=[O])[OH]. The first kappa shape index (κ1) is 12.4. The molecule has 0 heterocycles. The van der Waals surface area contributed by atoms with Crippen LogP contribution in [0.1, 0.15) is 46.5 Å². The Morgan fingerprint density at radius 1 is 1.50 bits per heavy atom. The van der Waals surface area contributed by atoms with E-state index in [1.165, 1.54) is 0 Å². The number of unbranched alkanes of at least 4 members (excludes halogenated alkanes) is 1. The van der Waals surface area contributed by atoms with Gasteiger partial charge in [0, 0.05) is 0 Å². The normalized spacial score (nSPS) is 15.7. The molecule has 0 spiro atoms. The topological polar surface area (TPSA) is 46.5 Å². The molecule has 0 amide bonds. The van der Waals surface area contributed by atoms with E-state index in [9.17, 15) is 3.32 Å². The van der Waals surface area contributed by atoms with Crippen molar-refractivity contribution in [2.45, 2.75) is 52.1 Å². The average Bonchev–Trinajstić information content (AvgIpc) is 2.00. The summed E-state index contributed by atoms with van der Waals surface area (Å²) in [4.78, 5) is 0. The van der Waals surface area contributed by atoms with E-state index in [0.717, 1.165) is 25.7 Å². The minimum absolute atomic E-state index is 0.373. The van der Waals surface area contributed by atoms with E-state index < -0.39 is 18.6 Å². The summed E-state index contributed by atoms with van der Waals surface area (Å²) in [6.45, 7) is 5.99. The summed E-state index contributed by atoms with van der Waals surface area (Å²) < 4.78 is 24.3. The van der Waals surface area contributed by atoms with Gasteiger partial charge < -0.3 is 0 Å². The van der Waals surface area contributed by atoms with Gasteiger partial charge in [0.25, 0.3) is 0 Å². The molecule has 1 unspecified atom stereocenters. The first-order valence-corrected chi connectivity index (χ1v) is 6.43. The third-order valence-corrected chi connectivity index (χ3v) is 3.18. The van der Waals surface area contributed by atoms with E-state index in [-0.39, 0.29) is 5.60 Å². The van der Waals surface area contributed by atoms with Crippen LogP contribution in [-0.2, 0) is 25.3 Å². The average molecular weight is 210 g/mol. The molecule has 72 valence electrons. The molecule has 0 aromatic rings. The fourth-order valence-corrected chi connectivity index (χ4v) is 2.10. The van der Waals surface area contributed by atoms with Crippen LogP contribution in [0.5, 0.6) is 0 Å². The molecular weight excluding hydrogens is 192 g/mol. The molecule has 1 atom stereocenters. The van der Waals surface area contributed by atoms with E-state index in [1.807, 2.05) is 13.8 Å². The molecule has 0 aliphatic carbocycles. The molecule has 0 aliphatic rings. The quantitative estimate of drug-likeness (QED) is 0.683. The van der Waals surface area contributed by atoms with E-state index in [0.29, 0.717) is 0 Å². The second kappa shape index (κ2) is 5.98. The van der Waals surface area contributed by atoms with Crippen molar-refractivity contribution in [1.29, 1.82) is 0 Å². The van der Waals surface area contributed by atoms with Gasteiger partial charge in [-0.05, 0) is 0 Å². The number of hydrogen-bond acceptors (Lipinski definition) is 2. The van der Waals surface area contributed by atoms with Gasteiger partial charge in [0.15, 0.2) is 0 Å². The van der Waals surface area contributed by atoms with E-state index >= 15 is 0 Å². The Hall–Kier alpha value is 0.434. The van der Waals surface area contributed by atoms with Gasteiger partial charge in [-0.3, -0.25) is 0 Å². The third-order valence-electron chi connectivity index (χ3n) is 2.14. The van der Waals surface area contributed by atoms with Gasteiger partial charge in [-0.2, -0.15) is 0 Å². The number of hydrogen-bond donors (Lipinski definition) is 1. The van der Waals surface area contributed by atoms with Crippen LogP contribution in [0.15, 0.2) is 0 Å². The summed E-state index contributed by atoms with van der Waals surface area (Å²) in [6.07, 6.45) is 3.82. The van der Waals surface area contributed by atoms with Crippen molar-refractivity contribution in [3.05, 3.63) is 0 Å². The van der Waals surface area contributed by atoms with Crippen molar-refractivity contribution in [2.24, 2.45) is 0 Å². The Balaban J connectivity index is 3.95. The molecular formula is C8H18O3Ti. The summed E-state index contributed by atoms with van der Waals surface area (Å²) in [5, 5.41) is 0. The molecule has 0 fully saturated rings. The van der Waals surface area contributed by atoms with Gasteiger partial charge in [0.05, 0.1) is 0 Å². The van der Waals surface area contributed by atoms with Gasteiger partial charge in [-0.1, -0.05) is 0 Å². The van der Waals surface area contributed by atoms with Crippen molar-refractivity contribution in [3.63, 3.8) is 0 Å². The zero-order chi connectivity index (χ0) is 9.61. The molecule has 0 rings (SSSR count). The van der Waals surface area contributed by atoms with Crippen molar-refractivity contribution in [1.82, 2.24) is 0 Å². The van der Waals surface area contributed by atoms with Crippen LogP contribution in [-0.4, -0.2) is 9.29 Å². The van der Waals surface area contributed by atoms with Crippen LogP contribution < -0.4 is 0 Å². The maximum absolute atomic E-state index is 10.6. The van der Waals surface area contributed by atoms with Crippen LogP contribution in [0.3, 0.4) is 0 Å². The predicted molar refractivity (Wildman–Crippen MR) is 42.2 cm³/mol.